The number of nitrogens with zero attached hydrogens (tertiary/aromatic N) is 2. The molecule has 2 aromatic carbocycles. The maximum absolute atomic E-state index is 12.1. The highest BCUT2D eigenvalue weighted by molar-refractivity contribution is 5.85. The average Bonchev–Trinajstić information content (AvgIpc) is 3.01. The van der Waals surface area contributed by atoms with Crippen molar-refractivity contribution in [2.75, 3.05) is 6.61 Å². The lowest BCUT2D eigenvalue weighted by Gasteiger charge is -2.21. The van der Waals surface area contributed by atoms with Gasteiger partial charge in [-0.05, 0) is 48.2 Å². The number of imidazole rings is 1. The summed E-state index contributed by atoms with van der Waals surface area (Å²) in [6.07, 6.45) is 8.59. The molecule has 1 aliphatic rings. The Morgan fingerprint density at radius 2 is 1.61 bits per heavy atom. The number of ether oxygens (including phenoxy) is 1. The second-order valence-electron chi connectivity index (χ2n) is 9.04. The summed E-state index contributed by atoms with van der Waals surface area (Å²) in [6.45, 7) is 1.04. The van der Waals surface area contributed by atoms with Crippen LogP contribution in [0, 0.1) is 0 Å². The highest BCUT2D eigenvalue weighted by Gasteiger charge is 2.14. The first-order valence-corrected chi connectivity index (χ1v) is 11.8. The van der Waals surface area contributed by atoms with Crippen LogP contribution in [-0.4, -0.2) is 26.9 Å². The largest absolute Gasteiger partial charge is 0.491 e. The summed E-state index contributed by atoms with van der Waals surface area (Å²) in [5.74, 6) is 0.743. The van der Waals surface area contributed by atoms with Crippen LogP contribution >= 0.6 is 12.4 Å². The molecular weight excluding hydrogens is 438 g/mol. The lowest BCUT2D eigenvalue weighted by Crippen LogP contribution is -2.29. The fourth-order valence-corrected chi connectivity index (χ4v) is 4.63. The predicted octanol–water partition coefficient (Wildman–Crippen LogP) is 4.61. The van der Waals surface area contributed by atoms with E-state index in [0.29, 0.717) is 6.04 Å². The Morgan fingerprint density at radius 3 is 2.30 bits per heavy atom. The first kappa shape index (κ1) is 25.3. The molecule has 0 aliphatic heterocycles. The summed E-state index contributed by atoms with van der Waals surface area (Å²) in [7, 11) is 3.49. The lowest BCUT2D eigenvalue weighted by atomic mass is 9.96. The Kier molecular flexibility index (Phi) is 9.01. The minimum Gasteiger partial charge on any atom is -0.491 e. The molecule has 1 heterocycles. The van der Waals surface area contributed by atoms with Crippen molar-refractivity contribution in [3.8, 4) is 5.75 Å². The Hall–Kier alpha value is -2.28. The Labute approximate surface area is 202 Å². The van der Waals surface area contributed by atoms with Gasteiger partial charge in [0.05, 0.1) is 11.0 Å². The number of hydrogen-bond donors (Lipinski definition) is 2. The van der Waals surface area contributed by atoms with E-state index in [2.05, 4.69) is 17.4 Å². The molecule has 1 aliphatic carbocycles. The van der Waals surface area contributed by atoms with Gasteiger partial charge in [-0.3, -0.25) is 9.13 Å². The number of aliphatic hydroxyl groups excluding tert-OH is 1. The molecule has 0 amide bonds. The number of hydrogen-bond acceptors (Lipinski definition) is 4. The summed E-state index contributed by atoms with van der Waals surface area (Å²) >= 11 is 0. The second kappa shape index (κ2) is 11.7. The van der Waals surface area contributed by atoms with E-state index >= 15 is 0 Å². The summed E-state index contributed by atoms with van der Waals surface area (Å²) in [4.78, 5) is 12.1. The number of benzene rings is 2. The molecule has 1 unspecified atom stereocenters. The van der Waals surface area contributed by atoms with Gasteiger partial charge in [0, 0.05) is 26.7 Å². The van der Waals surface area contributed by atoms with Gasteiger partial charge in [0.15, 0.2) is 0 Å². The van der Waals surface area contributed by atoms with Gasteiger partial charge in [0.2, 0.25) is 0 Å². The topological polar surface area (TPSA) is 68.4 Å². The van der Waals surface area contributed by atoms with Crippen LogP contribution in [0.3, 0.4) is 0 Å². The van der Waals surface area contributed by atoms with Crippen LogP contribution in [0.4, 0.5) is 0 Å². The number of aromatic nitrogens is 2. The zero-order valence-corrected chi connectivity index (χ0v) is 20.4. The molecule has 0 saturated heterocycles. The van der Waals surface area contributed by atoms with Crippen molar-refractivity contribution in [3.05, 3.63) is 64.1 Å². The van der Waals surface area contributed by atoms with Crippen molar-refractivity contribution in [3.63, 3.8) is 0 Å². The van der Waals surface area contributed by atoms with Crippen molar-refractivity contribution in [1.82, 2.24) is 14.5 Å². The minimum atomic E-state index is -0.768. The smallest absolute Gasteiger partial charge is 0.328 e. The molecule has 2 N–H and O–H groups in total. The van der Waals surface area contributed by atoms with Crippen LogP contribution in [0.2, 0.25) is 0 Å². The number of halogens is 1. The first-order chi connectivity index (χ1) is 15.5. The van der Waals surface area contributed by atoms with Crippen molar-refractivity contribution in [1.29, 1.82) is 0 Å². The highest BCUT2D eigenvalue weighted by Crippen LogP contribution is 2.22. The van der Waals surface area contributed by atoms with Crippen molar-refractivity contribution in [2.45, 2.75) is 63.6 Å². The first-order valence-electron chi connectivity index (χ1n) is 11.8. The molecular formula is C26H36ClN3O3. The van der Waals surface area contributed by atoms with Crippen LogP contribution in [0.25, 0.3) is 11.0 Å². The van der Waals surface area contributed by atoms with Gasteiger partial charge < -0.3 is 15.2 Å². The van der Waals surface area contributed by atoms with E-state index < -0.39 is 6.10 Å². The molecule has 1 atom stereocenters. The van der Waals surface area contributed by atoms with Crippen LogP contribution in [0.5, 0.6) is 5.75 Å². The third-order valence-electron chi connectivity index (χ3n) is 6.71. The monoisotopic (exact) mass is 473 g/mol. The maximum Gasteiger partial charge on any atom is 0.328 e. The second-order valence-corrected chi connectivity index (χ2v) is 9.04. The fourth-order valence-electron chi connectivity index (χ4n) is 4.63. The number of rotatable bonds is 7. The van der Waals surface area contributed by atoms with Crippen molar-refractivity contribution >= 4 is 23.4 Å². The van der Waals surface area contributed by atoms with E-state index in [1.807, 2.05) is 30.3 Å². The Bertz CT molecular complexity index is 1080. The predicted molar refractivity (Wildman–Crippen MR) is 135 cm³/mol. The summed E-state index contributed by atoms with van der Waals surface area (Å²) < 4.78 is 9.03. The molecule has 0 radical (unpaired) electrons. The minimum absolute atomic E-state index is 0. The quantitative estimate of drug-likeness (QED) is 0.525. The molecule has 1 saturated carbocycles. The van der Waals surface area contributed by atoms with E-state index in [1.54, 1.807) is 23.2 Å². The molecule has 33 heavy (non-hydrogen) atoms. The van der Waals surface area contributed by atoms with Crippen LogP contribution in [-0.2, 0) is 20.6 Å². The zero-order valence-electron chi connectivity index (χ0n) is 19.6. The van der Waals surface area contributed by atoms with Crippen LogP contribution in [0.15, 0.2) is 47.3 Å². The third-order valence-corrected chi connectivity index (χ3v) is 6.71. The van der Waals surface area contributed by atoms with Gasteiger partial charge in [0.1, 0.15) is 18.5 Å². The summed E-state index contributed by atoms with van der Waals surface area (Å²) in [5, 5.41) is 14.3. The van der Waals surface area contributed by atoms with Gasteiger partial charge in [-0.2, -0.15) is 0 Å². The molecule has 1 fully saturated rings. The standard InChI is InChI=1S/C26H35N3O3.ClH/c1-28-23-15-12-20(16-24(23)29(2)26(28)31)25(30)18-32-22-13-10-19(11-14-22)17-27-21-8-6-4-3-5-7-9-21;/h10-16,21,25,27,30H,3-9,17-18H2,1-2H3;1H. The number of fused-ring (bicyclic) bond motifs is 1. The number of nitrogens with one attached hydrogen (secondary N) is 1. The van der Waals surface area contributed by atoms with Crippen LogP contribution in [0.1, 0.15) is 62.2 Å². The molecule has 7 heteroatoms. The third kappa shape index (κ3) is 6.19. The van der Waals surface area contributed by atoms with Crippen molar-refractivity contribution in [2.24, 2.45) is 14.1 Å². The number of aryl methyl sites for hydroxylation is 2. The molecule has 3 aromatic rings. The lowest BCUT2D eigenvalue weighted by molar-refractivity contribution is 0.108. The summed E-state index contributed by atoms with van der Waals surface area (Å²) in [6, 6.07) is 14.3. The maximum atomic E-state index is 12.1. The molecule has 0 spiro atoms. The number of aliphatic hydroxyl groups is 1. The van der Waals surface area contributed by atoms with E-state index in [0.717, 1.165) is 28.9 Å². The molecule has 6 nitrogen and oxygen atoms in total. The zero-order chi connectivity index (χ0) is 22.5. The van der Waals surface area contributed by atoms with E-state index in [-0.39, 0.29) is 24.7 Å². The highest BCUT2D eigenvalue weighted by atomic mass is 35.5. The van der Waals surface area contributed by atoms with Crippen molar-refractivity contribution < 1.29 is 9.84 Å². The van der Waals surface area contributed by atoms with Gasteiger partial charge in [-0.1, -0.05) is 50.3 Å². The Balaban J connectivity index is 0.00000306. The fraction of sp³-hybridized carbons (Fsp3) is 0.500. The van der Waals surface area contributed by atoms with Crippen LogP contribution < -0.4 is 15.7 Å². The SMILES string of the molecule is Cl.Cn1c(=O)n(C)c2cc(C(O)COc3ccc(CNC4CCCCCCC4)cc3)ccc21. The van der Waals surface area contributed by atoms with E-state index in [1.165, 1.54) is 50.5 Å². The normalized spacial score (nSPS) is 16.1. The van der Waals surface area contributed by atoms with Gasteiger partial charge >= 0.3 is 5.69 Å². The van der Waals surface area contributed by atoms with E-state index in [9.17, 15) is 9.90 Å². The average molecular weight is 474 g/mol. The molecule has 180 valence electrons. The Morgan fingerprint density at radius 1 is 0.970 bits per heavy atom. The van der Waals surface area contributed by atoms with E-state index in [4.69, 9.17) is 4.74 Å². The molecule has 4 rings (SSSR count). The summed E-state index contributed by atoms with van der Waals surface area (Å²) in [5.41, 5.74) is 3.55. The van der Waals surface area contributed by atoms with Gasteiger partial charge in [-0.15, -0.1) is 12.4 Å². The molecule has 0 bridgehead atoms. The van der Waals surface area contributed by atoms with Gasteiger partial charge in [0.25, 0.3) is 0 Å². The molecule has 1 aromatic heterocycles. The van der Waals surface area contributed by atoms with Gasteiger partial charge in [-0.25, -0.2) is 4.79 Å².